The van der Waals surface area contributed by atoms with Gasteiger partial charge in [0.2, 0.25) is 0 Å². The Morgan fingerprint density at radius 2 is 2.21 bits per heavy atom. The van der Waals surface area contributed by atoms with Crippen molar-refractivity contribution in [2.45, 2.75) is 39.7 Å². The summed E-state index contributed by atoms with van der Waals surface area (Å²) in [7, 11) is 0. The number of carbonyl (C=O) groups excluding carboxylic acids is 1. The summed E-state index contributed by atoms with van der Waals surface area (Å²) in [6.07, 6.45) is 0.817. The van der Waals surface area contributed by atoms with Crippen molar-refractivity contribution in [1.82, 2.24) is 0 Å². The fourth-order valence-electron chi connectivity index (χ4n) is 1.52. The molecule has 0 aromatic rings. The lowest BCUT2D eigenvalue weighted by atomic mass is 9.99. The molecule has 1 aliphatic rings. The van der Waals surface area contributed by atoms with Crippen molar-refractivity contribution in [3.63, 3.8) is 0 Å². The van der Waals surface area contributed by atoms with E-state index in [9.17, 15) is 4.79 Å². The zero-order chi connectivity index (χ0) is 10.8. The third kappa shape index (κ3) is 2.58. The molecule has 1 saturated heterocycles. The molecule has 1 fully saturated rings. The van der Waals surface area contributed by atoms with E-state index in [1.165, 1.54) is 0 Å². The van der Waals surface area contributed by atoms with Crippen molar-refractivity contribution < 1.29 is 14.3 Å². The monoisotopic (exact) mass is 198 g/mol. The maximum absolute atomic E-state index is 11.4. The number of carbonyl (C=O) groups is 1. The van der Waals surface area contributed by atoms with Gasteiger partial charge >= 0.3 is 5.97 Å². The van der Waals surface area contributed by atoms with E-state index in [0.717, 1.165) is 12.0 Å². The predicted octanol–water partition coefficient (Wildman–Crippen LogP) is 2.06. The highest BCUT2D eigenvalue weighted by Gasteiger charge is 2.30. The van der Waals surface area contributed by atoms with Crippen LogP contribution in [0.5, 0.6) is 0 Å². The van der Waals surface area contributed by atoms with Crippen LogP contribution in [0.2, 0.25) is 0 Å². The molecule has 1 heterocycles. The zero-order valence-corrected chi connectivity index (χ0v) is 9.35. The first-order chi connectivity index (χ1) is 6.46. The lowest BCUT2D eigenvalue weighted by Gasteiger charge is -2.14. The highest BCUT2D eigenvalue weighted by molar-refractivity contribution is 5.88. The normalized spacial score (nSPS) is 23.4. The fraction of sp³-hybridized carbons (Fsp3) is 0.727. The predicted molar refractivity (Wildman–Crippen MR) is 54.0 cm³/mol. The van der Waals surface area contributed by atoms with Crippen molar-refractivity contribution in [2.24, 2.45) is 0 Å². The minimum Gasteiger partial charge on any atom is -0.463 e. The second kappa shape index (κ2) is 4.13. The smallest absolute Gasteiger partial charge is 0.333 e. The molecule has 0 aromatic heterocycles. The number of rotatable bonds is 2. The van der Waals surface area contributed by atoms with Crippen LogP contribution in [-0.2, 0) is 14.3 Å². The minimum atomic E-state index is -0.219. The van der Waals surface area contributed by atoms with E-state index in [4.69, 9.17) is 9.47 Å². The summed E-state index contributed by atoms with van der Waals surface area (Å²) in [5.41, 5.74) is 1.63. The van der Waals surface area contributed by atoms with E-state index in [1.807, 2.05) is 20.8 Å². The van der Waals surface area contributed by atoms with Crippen LogP contribution in [0.4, 0.5) is 0 Å². The third-order valence-electron chi connectivity index (χ3n) is 2.39. The van der Waals surface area contributed by atoms with Gasteiger partial charge in [-0.1, -0.05) is 0 Å². The molecule has 0 aromatic carbocycles. The van der Waals surface area contributed by atoms with Gasteiger partial charge in [-0.3, -0.25) is 0 Å². The SMILES string of the molecule is CCOC(=O)/C(C)=C1/COC(C)(C)C1. The zero-order valence-electron chi connectivity index (χ0n) is 9.35. The van der Waals surface area contributed by atoms with Crippen molar-refractivity contribution in [3.05, 3.63) is 11.1 Å². The van der Waals surface area contributed by atoms with Gasteiger partial charge < -0.3 is 9.47 Å². The summed E-state index contributed by atoms with van der Waals surface area (Å²) in [4.78, 5) is 11.4. The first-order valence-electron chi connectivity index (χ1n) is 4.96. The lowest BCUT2D eigenvalue weighted by molar-refractivity contribution is -0.138. The van der Waals surface area contributed by atoms with Crippen LogP contribution >= 0.6 is 0 Å². The van der Waals surface area contributed by atoms with Crippen molar-refractivity contribution in [3.8, 4) is 0 Å². The Labute approximate surface area is 85.1 Å². The Bertz CT molecular complexity index is 264. The van der Waals surface area contributed by atoms with E-state index in [-0.39, 0.29) is 11.6 Å². The number of ether oxygens (including phenoxy) is 2. The average Bonchev–Trinajstić information content (AvgIpc) is 2.45. The quantitative estimate of drug-likeness (QED) is 0.503. The first kappa shape index (κ1) is 11.2. The van der Waals surface area contributed by atoms with Gasteiger partial charge in [-0.15, -0.1) is 0 Å². The van der Waals surface area contributed by atoms with E-state index < -0.39 is 0 Å². The lowest BCUT2D eigenvalue weighted by Crippen LogP contribution is -2.16. The molecule has 80 valence electrons. The molecular weight excluding hydrogens is 180 g/mol. The summed E-state index contributed by atoms with van der Waals surface area (Å²) in [5.74, 6) is -0.219. The van der Waals surface area contributed by atoms with E-state index in [1.54, 1.807) is 6.92 Å². The van der Waals surface area contributed by atoms with E-state index in [0.29, 0.717) is 18.8 Å². The van der Waals surface area contributed by atoms with Gasteiger partial charge in [-0.2, -0.15) is 0 Å². The summed E-state index contributed by atoms with van der Waals surface area (Å²) in [6.45, 7) is 8.64. The highest BCUT2D eigenvalue weighted by Crippen LogP contribution is 2.30. The molecule has 0 amide bonds. The molecule has 1 rings (SSSR count). The maximum atomic E-state index is 11.4. The molecule has 0 atom stereocenters. The van der Waals surface area contributed by atoms with Gasteiger partial charge in [0.05, 0.1) is 18.8 Å². The molecule has 0 radical (unpaired) electrons. The number of hydrogen-bond donors (Lipinski definition) is 0. The van der Waals surface area contributed by atoms with E-state index >= 15 is 0 Å². The molecule has 1 aliphatic heterocycles. The van der Waals surface area contributed by atoms with Crippen LogP contribution in [0, 0.1) is 0 Å². The molecule has 14 heavy (non-hydrogen) atoms. The first-order valence-corrected chi connectivity index (χ1v) is 4.96. The van der Waals surface area contributed by atoms with Crippen LogP contribution in [0.15, 0.2) is 11.1 Å². The van der Waals surface area contributed by atoms with Crippen molar-refractivity contribution in [2.75, 3.05) is 13.2 Å². The van der Waals surface area contributed by atoms with Gasteiger partial charge in [0.15, 0.2) is 0 Å². The van der Waals surface area contributed by atoms with Crippen LogP contribution in [-0.4, -0.2) is 24.8 Å². The number of esters is 1. The molecule has 0 saturated carbocycles. The Balaban J connectivity index is 2.71. The second-order valence-electron chi connectivity index (χ2n) is 4.17. The molecule has 0 bridgehead atoms. The molecule has 3 heteroatoms. The Morgan fingerprint density at radius 1 is 1.57 bits per heavy atom. The standard InChI is InChI=1S/C11H18O3/c1-5-13-10(12)8(2)9-6-11(3,4)14-7-9/h5-7H2,1-4H3/b9-8+. The minimum absolute atomic E-state index is 0.136. The van der Waals surface area contributed by atoms with Gasteiger partial charge in [-0.05, 0) is 39.7 Å². The van der Waals surface area contributed by atoms with Gasteiger partial charge in [-0.25, -0.2) is 4.79 Å². The maximum Gasteiger partial charge on any atom is 0.333 e. The van der Waals surface area contributed by atoms with Crippen LogP contribution < -0.4 is 0 Å². The van der Waals surface area contributed by atoms with Gasteiger partial charge in [0.25, 0.3) is 0 Å². The topological polar surface area (TPSA) is 35.5 Å². The van der Waals surface area contributed by atoms with Gasteiger partial charge in [0.1, 0.15) is 0 Å². The molecular formula is C11H18O3. The van der Waals surface area contributed by atoms with Gasteiger partial charge in [0, 0.05) is 5.57 Å². The van der Waals surface area contributed by atoms with Crippen LogP contribution in [0.3, 0.4) is 0 Å². The molecule has 0 aliphatic carbocycles. The third-order valence-corrected chi connectivity index (χ3v) is 2.39. The second-order valence-corrected chi connectivity index (χ2v) is 4.17. The summed E-state index contributed by atoms with van der Waals surface area (Å²) >= 11 is 0. The Morgan fingerprint density at radius 3 is 2.64 bits per heavy atom. The molecule has 0 spiro atoms. The average molecular weight is 198 g/mol. The Hall–Kier alpha value is -0.830. The van der Waals surface area contributed by atoms with Crippen LogP contribution in [0.1, 0.15) is 34.1 Å². The molecule has 0 N–H and O–H groups in total. The molecule has 3 nitrogen and oxygen atoms in total. The van der Waals surface area contributed by atoms with E-state index in [2.05, 4.69) is 0 Å². The van der Waals surface area contributed by atoms with Crippen LogP contribution in [0.25, 0.3) is 0 Å². The summed E-state index contributed by atoms with van der Waals surface area (Å²) < 4.78 is 10.5. The fourth-order valence-corrected chi connectivity index (χ4v) is 1.52. The van der Waals surface area contributed by atoms with Crippen molar-refractivity contribution >= 4 is 5.97 Å². The van der Waals surface area contributed by atoms with Crippen molar-refractivity contribution in [1.29, 1.82) is 0 Å². The number of hydrogen-bond acceptors (Lipinski definition) is 3. The Kier molecular flexibility index (Phi) is 3.32. The molecule has 0 unspecified atom stereocenters. The summed E-state index contributed by atoms with van der Waals surface area (Å²) in [6, 6.07) is 0. The highest BCUT2D eigenvalue weighted by atomic mass is 16.5. The largest absolute Gasteiger partial charge is 0.463 e. The summed E-state index contributed by atoms with van der Waals surface area (Å²) in [5, 5.41) is 0.